The second-order valence-corrected chi connectivity index (χ2v) is 0. The molecule has 0 saturated carbocycles. The van der Waals surface area contributed by atoms with Gasteiger partial charge in [0.15, 0.2) is 17.4 Å². The molecule has 0 rings (SSSR count). The Morgan fingerprint density at radius 3 is 1.25 bits per heavy atom. The van der Waals surface area contributed by atoms with Crippen molar-refractivity contribution < 1.29 is 36.4 Å². The number of hydrogen-bond donors (Lipinski definition) is 0. The van der Waals surface area contributed by atoms with Crippen LogP contribution in [0, 0.1) is 0 Å². The molecule has 0 aromatic carbocycles. The van der Waals surface area contributed by atoms with Crippen LogP contribution in [0.4, 0.5) is 0 Å². The Bertz CT molecular complexity index is 13.5. The van der Waals surface area contributed by atoms with E-state index in [4.69, 9.17) is 0 Å². The Hall–Kier alpha value is 2.31. The van der Waals surface area contributed by atoms with Crippen LogP contribution in [0.2, 0.25) is 0 Å². The van der Waals surface area contributed by atoms with Crippen LogP contribution in [0.3, 0.4) is 0 Å². The molecule has 27 valence electrons. The SMILES string of the molecule is [AlH3].[H-].[H-].[Mg+2].[Mn].[Ni]. The monoisotopic (exact) mass is 169 g/mol. The van der Waals surface area contributed by atoms with Crippen LogP contribution in [0.5, 0.6) is 0 Å². The molecule has 0 heterocycles. The maximum Gasteiger partial charge on any atom is 2.00 e. The van der Waals surface area contributed by atoms with Gasteiger partial charge in [0.25, 0.3) is 0 Å². The maximum absolute atomic E-state index is 0. The normalized spacial score (nSPS) is 0. The first-order valence-corrected chi connectivity index (χ1v) is 0. The molecule has 0 aromatic heterocycles. The van der Waals surface area contributed by atoms with E-state index in [-0.39, 0.29) is 76.8 Å². The predicted molar refractivity (Wildman–Crippen MR) is 17.9 cm³/mol. The predicted octanol–water partition coefficient (Wildman–Crippen LogP) is -1.34. The van der Waals surface area contributed by atoms with E-state index in [0.29, 0.717) is 0 Å². The van der Waals surface area contributed by atoms with Gasteiger partial charge in [-0.05, 0) is 0 Å². The summed E-state index contributed by atoms with van der Waals surface area (Å²) >= 11 is 0. The third-order valence-corrected chi connectivity index (χ3v) is 0. The van der Waals surface area contributed by atoms with Crippen LogP contribution < -0.4 is 0 Å². The summed E-state index contributed by atoms with van der Waals surface area (Å²) in [6.07, 6.45) is 0. The van der Waals surface area contributed by atoms with Crippen molar-refractivity contribution in [3.63, 3.8) is 0 Å². The van der Waals surface area contributed by atoms with E-state index in [1.54, 1.807) is 0 Å². The van der Waals surface area contributed by atoms with Crippen LogP contribution in [-0.4, -0.2) is 40.4 Å². The fourth-order valence-electron chi connectivity index (χ4n) is 0. The summed E-state index contributed by atoms with van der Waals surface area (Å²) in [7, 11) is 0. The number of rotatable bonds is 0. The standard InChI is InChI=1S/Al.Mg.Mn.Ni.5H/q;+2;;;;;;2*-1. The Kier molecular flexibility index (Phi) is 154. The zero-order chi connectivity index (χ0) is 0. The Morgan fingerprint density at radius 2 is 1.25 bits per heavy atom. The van der Waals surface area contributed by atoms with Gasteiger partial charge in [0, 0.05) is 33.6 Å². The summed E-state index contributed by atoms with van der Waals surface area (Å²) in [5, 5.41) is 0. The van der Waals surface area contributed by atoms with Gasteiger partial charge in [-0.15, -0.1) is 0 Å². The molecular formula is H5AlMgMnNi. The van der Waals surface area contributed by atoms with Gasteiger partial charge in [-0.1, -0.05) is 0 Å². The van der Waals surface area contributed by atoms with Crippen molar-refractivity contribution in [3.8, 4) is 0 Å². The van der Waals surface area contributed by atoms with E-state index in [0.717, 1.165) is 0 Å². The molecule has 0 amide bonds. The molecule has 0 saturated heterocycles. The average molecular weight is 170 g/mol. The molecule has 0 spiro atoms. The van der Waals surface area contributed by atoms with Crippen molar-refractivity contribution in [3.05, 3.63) is 0 Å². The minimum Gasteiger partial charge on any atom is -1.00 e. The molecule has 0 atom stereocenters. The first-order chi connectivity index (χ1) is 0. The fourth-order valence-corrected chi connectivity index (χ4v) is 0. The molecule has 0 N–H and O–H groups in total. The second-order valence-electron chi connectivity index (χ2n) is 0. The molecule has 0 nitrogen and oxygen atoms in total. The van der Waals surface area contributed by atoms with Gasteiger partial charge in [0.2, 0.25) is 0 Å². The minimum atomic E-state index is 0. The summed E-state index contributed by atoms with van der Waals surface area (Å²) in [4.78, 5) is 0. The van der Waals surface area contributed by atoms with Crippen LogP contribution in [0.15, 0.2) is 0 Å². The molecule has 0 aromatic rings. The van der Waals surface area contributed by atoms with Gasteiger partial charge in [-0.25, -0.2) is 0 Å². The quantitative estimate of drug-likeness (QED) is 0.394. The van der Waals surface area contributed by atoms with Crippen molar-refractivity contribution in [2.75, 3.05) is 0 Å². The Balaban J connectivity index is 0. The molecule has 0 fully saturated rings. The van der Waals surface area contributed by atoms with Crippen LogP contribution in [-0.2, 0) is 33.6 Å². The third-order valence-electron chi connectivity index (χ3n) is 0. The van der Waals surface area contributed by atoms with Crippen molar-refractivity contribution in [1.29, 1.82) is 0 Å². The van der Waals surface area contributed by atoms with E-state index >= 15 is 0 Å². The third kappa shape index (κ3) is 8.85. The molecule has 0 unspecified atom stereocenters. The minimum absolute atomic E-state index is 0. The molecule has 0 aliphatic heterocycles. The van der Waals surface area contributed by atoms with Gasteiger partial charge in [-0.2, -0.15) is 0 Å². The molecular weight excluding hydrogens is 165 g/mol. The summed E-state index contributed by atoms with van der Waals surface area (Å²) < 4.78 is 0. The van der Waals surface area contributed by atoms with E-state index in [9.17, 15) is 0 Å². The first kappa shape index (κ1) is 33.3. The van der Waals surface area contributed by atoms with E-state index < -0.39 is 0 Å². The van der Waals surface area contributed by atoms with Gasteiger partial charge < -0.3 is 2.85 Å². The van der Waals surface area contributed by atoms with Gasteiger partial charge >= 0.3 is 23.1 Å². The maximum atomic E-state index is 0. The first-order valence-electron chi connectivity index (χ1n) is 0. The van der Waals surface area contributed by atoms with E-state index in [1.165, 1.54) is 0 Å². The molecule has 0 aliphatic rings. The van der Waals surface area contributed by atoms with Gasteiger partial charge in [0.05, 0.1) is 0 Å². The fraction of sp³-hybridized carbons (Fsp3) is 0. The zero-order valence-electron chi connectivity index (χ0n) is 3.40. The molecule has 4 heteroatoms. The van der Waals surface area contributed by atoms with Crippen LogP contribution in [0.1, 0.15) is 2.85 Å². The summed E-state index contributed by atoms with van der Waals surface area (Å²) in [6, 6.07) is 0. The van der Waals surface area contributed by atoms with E-state index in [2.05, 4.69) is 0 Å². The summed E-state index contributed by atoms with van der Waals surface area (Å²) in [6.45, 7) is 0. The largest absolute Gasteiger partial charge is 2.00 e. The Labute approximate surface area is 76.1 Å². The molecule has 1 radical (unpaired) electrons. The Morgan fingerprint density at radius 1 is 1.25 bits per heavy atom. The van der Waals surface area contributed by atoms with Crippen molar-refractivity contribution in [2.24, 2.45) is 0 Å². The molecule has 4 heavy (non-hydrogen) atoms. The average Bonchev–Trinajstić information content (AvgIpc) is 0. The van der Waals surface area contributed by atoms with Crippen molar-refractivity contribution >= 4 is 40.4 Å². The molecule has 0 aliphatic carbocycles. The smallest absolute Gasteiger partial charge is 1.00 e. The van der Waals surface area contributed by atoms with Gasteiger partial charge in [-0.3, -0.25) is 0 Å². The molecule has 0 bridgehead atoms. The second kappa shape index (κ2) is 18.5. The van der Waals surface area contributed by atoms with Gasteiger partial charge in [0.1, 0.15) is 0 Å². The zero-order valence-corrected chi connectivity index (χ0v) is 4.98. The summed E-state index contributed by atoms with van der Waals surface area (Å²) in [5.74, 6) is 0. The van der Waals surface area contributed by atoms with Crippen LogP contribution >= 0.6 is 0 Å². The topological polar surface area (TPSA) is 0 Å². The van der Waals surface area contributed by atoms with Crippen molar-refractivity contribution in [2.45, 2.75) is 0 Å². The van der Waals surface area contributed by atoms with Crippen molar-refractivity contribution in [1.82, 2.24) is 0 Å². The number of hydrogen-bond acceptors (Lipinski definition) is 0. The summed E-state index contributed by atoms with van der Waals surface area (Å²) in [5.41, 5.74) is 0. The van der Waals surface area contributed by atoms with E-state index in [1.807, 2.05) is 0 Å². The van der Waals surface area contributed by atoms with Crippen LogP contribution in [0.25, 0.3) is 0 Å².